The summed E-state index contributed by atoms with van der Waals surface area (Å²) in [6.07, 6.45) is 4.39. The van der Waals surface area contributed by atoms with E-state index in [1.165, 1.54) is 4.31 Å². The Balaban J connectivity index is 1.11. The van der Waals surface area contributed by atoms with Gasteiger partial charge >= 0.3 is 0 Å². The minimum Gasteiger partial charge on any atom is -0.497 e. The zero-order chi connectivity index (χ0) is 37.8. The fourth-order valence-electron chi connectivity index (χ4n) is 7.08. The lowest BCUT2D eigenvalue weighted by Gasteiger charge is -2.28. The number of anilines is 4. The Morgan fingerprint density at radius 2 is 1.27 bits per heavy atom. The molecule has 2 saturated heterocycles. The van der Waals surface area contributed by atoms with Crippen LogP contribution in [0.4, 0.5) is 23.4 Å². The predicted octanol–water partition coefficient (Wildman–Crippen LogP) is 4.71. The molecule has 0 radical (unpaired) electrons. The molecule has 0 atom stereocenters. The van der Waals surface area contributed by atoms with E-state index in [2.05, 4.69) is 14.7 Å². The van der Waals surface area contributed by atoms with Gasteiger partial charge < -0.3 is 33.6 Å². The van der Waals surface area contributed by atoms with Gasteiger partial charge in [0.15, 0.2) is 0 Å². The molecule has 3 aliphatic heterocycles. The molecule has 15 heteroatoms. The van der Waals surface area contributed by atoms with E-state index in [0.717, 1.165) is 51.0 Å². The largest absolute Gasteiger partial charge is 0.497 e. The van der Waals surface area contributed by atoms with Crippen LogP contribution in [0.15, 0.2) is 90.1 Å². The van der Waals surface area contributed by atoms with Gasteiger partial charge in [0.05, 0.1) is 51.2 Å². The number of methoxy groups -OCH3 is 2. The van der Waals surface area contributed by atoms with Gasteiger partial charge in [0.2, 0.25) is 21.9 Å². The van der Waals surface area contributed by atoms with Crippen molar-refractivity contribution < 1.29 is 27.4 Å². The van der Waals surface area contributed by atoms with Crippen molar-refractivity contribution >= 4 is 33.4 Å². The molecule has 286 valence electrons. The fourth-order valence-corrected chi connectivity index (χ4v) is 8.49. The topological polar surface area (TPSA) is 136 Å². The average Bonchev–Trinajstić information content (AvgIpc) is 3.68. The van der Waals surface area contributed by atoms with Crippen LogP contribution in [-0.4, -0.2) is 106 Å². The second-order valence-electron chi connectivity index (χ2n) is 13.5. The molecule has 14 nitrogen and oxygen atoms in total. The molecule has 3 aliphatic rings. The molecule has 2 aromatic heterocycles. The molecule has 55 heavy (non-hydrogen) atoms. The monoisotopic (exact) mass is 764 g/mol. The summed E-state index contributed by atoms with van der Waals surface area (Å²) in [4.78, 5) is 26.8. The third kappa shape index (κ3) is 7.92. The normalized spacial score (nSPS) is 16.2. The van der Waals surface area contributed by atoms with E-state index < -0.39 is 10.0 Å². The van der Waals surface area contributed by atoms with Gasteiger partial charge in [-0.15, -0.1) is 0 Å². The SMILES string of the molecule is COc1ccc(CN(Cc2ccc(OC)cc2)c2ncc(-c3nc(N4CCOCC4)nc4c3CCN4c3ccc(S(=O)(=O)N4CCOCC4)cc3)cn2)cc1. The number of rotatable bonds is 12. The summed E-state index contributed by atoms with van der Waals surface area (Å²) >= 11 is 0. The van der Waals surface area contributed by atoms with Crippen LogP contribution in [-0.2, 0) is 39.0 Å². The van der Waals surface area contributed by atoms with E-state index in [-0.39, 0.29) is 4.90 Å². The van der Waals surface area contributed by atoms with E-state index in [0.29, 0.717) is 90.6 Å². The first-order valence-electron chi connectivity index (χ1n) is 18.4. The Morgan fingerprint density at radius 3 is 1.84 bits per heavy atom. The van der Waals surface area contributed by atoms with Crippen LogP contribution >= 0.6 is 0 Å². The highest BCUT2D eigenvalue weighted by molar-refractivity contribution is 7.89. The first-order chi connectivity index (χ1) is 26.9. The lowest BCUT2D eigenvalue weighted by Crippen LogP contribution is -2.40. The van der Waals surface area contributed by atoms with Crippen molar-refractivity contribution in [3.05, 3.63) is 102 Å². The number of morpholine rings is 2. The maximum absolute atomic E-state index is 13.3. The third-order valence-corrected chi connectivity index (χ3v) is 12.0. The van der Waals surface area contributed by atoms with Gasteiger partial charge in [-0.25, -0.2) is 23.4 Å². The highest BCUT2D eigenvalue weighted by atomic mass is 32.2. The number of sulfonamides is 1. The van der Waals surface area contributed by atoms with Crippen LogP contribution in [0, 0.1) is 0 Å². The van der Waals surface area contributed by atoms with Crippen molar-refractivity contribution in [3.8, 4) is 22.8 Å². The molecule has 0 bridgehead atoms. The molecule has 3 aromatic carbocycles. The molecule has 0 N–H and O–H groups in total. The molecule has 2 fully saturated rings. The molecular formula is C40H44N8O6S. The van der Waals surface area contributed by atoms with Crippen LogP contribution in [0.2, 0.25) is 0 Å². The first-order valence-corrected chi connectivity index (χ1v) is 19.9. The van der Waals surface area contributed by atoms with Crippen molar-refractivity contribution in [1.29, 1.82) is 0 Å². The van der Waals surface area contributed by atoms with Crippen LogP contribution in [0.25, 0.3) is 11.3 Å². The molecule has 0 spiro atoms. The van der Waals surface area contributed by atoms with Gasteiger partial charge in [-0.2, -0.15) is 9.29 Å². The van der Waals surface area contributed by atoms with Crippen molar-refractivity contribution in [2.45, 2.75) is 24.4 Å². The van der Waals surface area contributed by atoms with E-state index in [9.17, 15) is 8.42 Å². The number of hydrogen-bond acceptors (Lipinski definition) is 13. The Hall–Kier alpha value is -5.35. The molecule has 5 aromatic rings. The number of fused-ring (bicyclic) bond motifs is 1. The molecule has 0 aliphatic carbocycles. The standard InChI is InChI=1S/C40H44N8O6S/c1-51-33-9-3-29(4-10-33)27-46(28-30-5-11-34(52-2)12-6-30)39-41-25-31(26-42-39)37-36-15-16-48(38(36)44-40(43-37)45-17-21-53-22-18-45)32-7-13-35(14-8-32)55(49,50)47-19-23-54-24-20-47/h3-14,25-26H,15-24,27-28H2,1-2H3. The lowest BCUT2D eigenvalue weighted by atomic mass is 10.1. The number of nitrogens with zero attached hydrogens (tertiary/aromatic N) is 8. The van der Waals surface area contributed by atoms with Crippen molar-refractivity contribution in [1.82, 2.24) is 24.2 Å². The number of ether oxygens (including phenoxy) is 4. The smallest absolute Gasteiger partial charge is 0.243 e. The van der Waals surface area contributed by atoms with Gasteiger partial charge in [-0.3, -0.25) is 0 Å². The van der Waals surface area contributed by atoms with Crippen molar-refractivity contribution in [3.63, 3.8) is 0 Å². The molecular weight excluding hydrogens is 721 g/mol. The molecule has 5 heterocycles. The van der Waals surface area contributed by atoms with E-state index in [4.69, 9.17) is 38.9 Å². The molecule has 0 unspecified atom stereocenters. The highest BCUT2D eigenvalue weighted by Crippen LogP contribution is 2.40. The number of hydrogen-bond donors (Lipinski definition) is 0. The number of aromatic nitrogens is 4. The maximum Gasteiger partial charge on any atom is 0.243 e. The average molecular weight is 765 g/mol. The molecule has 0 saturated carbocycles. The van der Waals surface area contributed by atoms with Gasteiger partial charge in [0.25, 0.3) is 0 Å². The summed E-state index contributed by atoms with van der Waals surface area (Å²) in [6, 6.07) is 23.1. The van der Waals surface area contributed by atoms with Gasteiger partial charge in [-0.05, 0) is 66.1 Å². The van der Waals surface area contributed by atoms with Crippen molar-refractivity contribution in [2.75, 3.05) is 88.1 Å². The number of benzene rings is 3. The summed E-state index contributed by atoms with van der Waals surface area (Å²) in [5, 5.41) is 0. The fraction of sp³-hybridized carbons (Fsp3) is 0.350. The minimum atomic E-state index is -3.61. The van der Waals surface area contributed by atoms with Crippen LogP contribution in [0.1, 0.15) is 16.7 Å². The minimum absolute atomic E-state index is 0.264. The molecule has 0 amide bonds. The molecule has 8 rings (SSSR count). The highest BCUT2D eigenvalue weighted by Gasteiger charge is 2.31. The summed E-state index contributed by atoms with van der Waals surface area (Å²) in [6.45, 7) is 5.86. The van der Waals surface area contributed by atoms with E-state index >= 15 is 0 Å². The third-order valence-electron chi connectivity index (χ3n) is 10.1. The Kier molecular flexibility index (Phi) is 10.8. The second kappa shape index (κ2) is 16.2. The Bertz CT molecular complexity index is 2130. The Morgan fingerprint density at radius 1 is 0.709 bits per heavy atom. The van der Waals surface area contributed by atoms with Crippen molar-refractivity contribution in [2.24, 2.45) is 0 Å². The predicted molar refractivity (Wildman–Crippen MR) is 209 cm³/mol. The Labute approximate surface area is 321 Å². The summed E-state index contributed by atoms with van der Waals surface area (Å²) < 4.78 is 49.9. The lowest BCUT2D eigenvalue weighted by molar-refractivity contribution is 0.0730. The van der Waals surface area contributed by atoms with E-state index in [1.54, 1.807) is 26.4 Å². The zero-order valence-electron chi connectivity index (χ0n) is 31.0. The van der Waals surface area contributed by atoms with Crippen LogP contribution in [0.3, 0.4) is 0 Å². The summed E-state index contributed by atoms with van der Waals surface area (Å²) in [5.74, 6) is 3.59. The summed E-state index contributed by atoms with van der Waals surface area (Å²) in [5.41, 5.74) is 5.61. The zero-order valence-corrected chi connectivity index (χ0v) is 31.8. The van der Waals surface area contributed by atoms with Crippen LogP contribution < -0.4 is 24.2 Å². The first kappa shape index (κ1) is 36.6. The maximum atomic E-state index is 13.3. The van der Waals surface area contributed by atoms with Gasteiger partial charge in [0.1, 0.15) is 17.3 Å². The van der Waals surface area contributed by atoms with Crippen LogP contribution in [0.5, 0.6) is 11.5 Å². The van der Waals surface area contributed by atoms with E-state index in [1.807, 2.05) is 73.1 Å². The second-order valence-corrected chi connectivity index (χ2v) is 15.4. The summed E-state index contributed by atoms with van der Waals surface area (Å²) in [7, 11) is -0.293. The van der Waals surface area contributed by atoms with Gasteiger partial charge in [-0.1, -0.05) is 24.3 Å². The van der Waals surface area contributed by atoms with Gasteiger partial charge in [0, 0.05) is 75.0 Å². The quantitative estimate of drug-likeness (QED) is 0.174.